The van der Waals surface area contributed by atoms with Crippen LogP contribution < -0.4 is 0 Å². The predicted octanol–water partition coefficient (Wildman–Crippen LogP) is 3.02. The number of benzene rings is 1. The molecule has 1 saturated carbocycles. The fourth-order valence-corrected chi connectivity index (χ4v) is 2.19. The van der Waals surface area contributed by atoms with Crippen LogP contribution in [0.3, 0.4) is 0 Å². The van der Waals surface area contributed by atoms with E-state index in [1.807, 2.05) is 0 Å². The van der Waals surface area contributed by atoms with Crippen molar-refractivity contribution in [1.29, 1.82) is 0 Å². The van der Waals surface area contributed by atoms with Gasteiger partial charge in [-0.05, 0) is 62.3 Å². The Bertz CT molecular complexity index is 442. The van der Waals surface area contributed by atoms with Crippen molar-refractivity contribution in [3.63, 3.8) is 0 Å². The number of carboxylic acid groups (broad SMARTS) is 1. The second-order valence-electron chi connectivity index (χ2n) is 5.05. The number of hydrogen-bond acceptors (Lipinski definition) is 1. The molecule has 1 aromatic rings. The number of aryl methyl sites for hydroxylation is 1. The zero-order valence-electron chi connectivity index (χ0n) is 10.1. The van der Waals surface area contributed by atoms with E-state index in [0.29, 0.717) is 6.42 Å². The molecule has 1 fully saturated rings. The molecule has 0 heterocycles. The number of carbonyl (C=O) groups is 1. The SMILES string of the molecule is Cc1ccc(CC2(C(=O)O)CC2)c(C)c1C. The van der Waals surface area contributed by atoms with Crippen LogP contribution in [-0.4, -0.2) is 11.1 Å². The molecule has 0 unspecified atom stereocenters. The molecule has 0 bridgehead atoms. The molecule has 2 nitrogen and oxygen atoms in total. The summed E-state index contributed by atoms with van der Waals surface area (Å²) in [6, 6.07) is 4.18. The van der Waals surface area contributed by atoms with E-state index in [1.165, 1.54) is 22.3 Å². The van der Waals surface area contributed by atoms with Gasteiger partial charge in [-0.15, -0.1) is 0 Å². The molecule has 1 N–H and O–H groups in total. The van der Waals surface area contributed by atoms with E-state index in [-0.39, 0.29) is 0 Å². The Morgan fingerprint density at radius 3 is 2.38 bits per heavy atom. The summed E-state index contributed by atoms with van der Waals surface area (Å²) in [6.07, 6.45) is 2.35. The van der Waals surface area contributed by atoms with E-state index in [4.69, 9.17) is 0 Å². The zero-order chi connectivity index (χ0) is 11.9. The average molecular weight is 218 g/mol. The van der Waals surface area contributed by atoms with Crippen molar-refractivity contribution in [3.05, 3.63) is 34.4 Å². The molecule has 1 aliphatic rings. The van der Waals surface area contributed by atoms with Crippen LogP contribution in [0.1, 0.15) is 35.1 Å². The van der Waals surface area contributed by atoms with Crippen molar-refractivity contribution >= 4 is 5.97 Å². The first-order valence-electron chi connectivity index (χ1n) is 5.75. The Hall–Kier alpha value is -1.31. The molecule has 0 aromatic heterocycles. The number of hydrogen-bond donors (Lipinski definition) is 1. The maximum atomic E-state index is 11.2. The maximum absolute atomic E-state index is 11.2. The van der Waals surface area contributed by atoms with Gasteiger partial charge in [0.1, 0.15) is 0 Å². The van der Waals surface area contributed by atoms with Crippen molar-refractivity contribution in [2.75, 3.05) is 0 Å². The minimum Gasteiger partial charge on any atom is -0.481 e. The van der Waals surface area contributed by atoms with Gasteiger partial charge in [-0.1, -0.05) is 12.1 Å². The molecular formula is C14H18O2. The summed E-state index contributed by atoms with van der Waals surface area (Å²) in [5, 5.41) is 9.18. The standard InChI is InChI=1S/C14H18O2/c1-9-4-5-12(11(3)10(9)2)8-14(6-7-14)13(15)16/h4-5H,6-8H2,1-3H3,(H,15,16). The highest BCUT2D eigenvalue weighted by molar-refractivity contribution is 5.78. The highest BCUT2D eigenvalue weighted by Crippen LogP contribution is 2.49. The minimum atomic E-state index is -0.634. The fraction of sp³-hybridized carbons (Fsp3) is 0.500. The molecule has 0 spiro atoms. The third-order valence-corrected chi connectivity index (χ3v) is 4.01. The maximum Gasteiger partial charge on any atom is 0.309 e. The monoisotopic (exact) mass is 218 g/mol. The predicted molar refractivity (Wildman–Crippen MR) is 63.7 cm³/mol. The molecule has 0 aliphatic heterocycles. The Morgan fingerprint density at radius 2 is 1.88 bits per heavy atom. The van der Waals surface area contributed by atoms with Gasteiger partial charge >= 0.3 is 5.97 Å². The van der Waals surface area contributed by atoms with Gasteiger partial charge in [0.05, 0.1) is 5.41 Å². The van der Waals surface area contributed by atoms with Gasteiger partial charge < -0.3 is 5.11 Å². The minimum absolute atomic E-state index is 0.452. The lowest BCUT2D eigenvalue weighted by Gasteiger charge is -2.15. The first-order valence-corrected chi connectivity index (χ1v) is 5.75. The third-order valence-electron chi connectivity index (χ3n) is 4.01. The molecule has 2 heteroatoms. The van der Waals surface area contributed by atoms with Crippen molar-refractivity contribution in [1.82, 2.24) is 0 Å². The van der Waals surface area contributed by atoms with E-state index in [1.54, 1.807) is 0 Å². The van der Waals surface area contributed by atoms with E-state index in [2.05, 4.69) is 32.9 Å². The van der Waals surface area contributed by atoms with Gasteiger partial charge in [0.2, 0.25) is 0 Å². The van der Waals surface area contributed by atoms with Gasteiger partial charge in [0, 0.05) is 0 Å². The third kappa shape index (κ3) is 1.73. The smallest absolute Gasteiger partial charge is 0.309 e. The van der Waals surface area contributed by atoms with E-state index >= 15 is 0 Å². The molecule has 0 atom stereocenters. The van der Waals surface area contributed by atoms with Crippen LogP contribution in [0.25, 0.3) is 0 Å². The normalized spacial score (nSPS) is 17.2. The molecule has 86 valence electrons. The van der Waals surface area contributed by atoms with Gasteiger partial charge in [-0.2, -0.15) is 0 Å². The van der Waals surface area contributed by atoms with E-state index < -0.39 is 11.4 Å². The summed E-state index contributed by atoms with van der Waals surface area (Å²) in [6.45, 7) is 6.29. The van der Waals surface area contributed by atoms with Crippen molar-refractivity contribution in [2.45, 2.75) is 40.0 Å². The molecule has 2 rings (SSSR count). The fourth-order valence-electron chi connectivity index (χ4n) is 2.19. The quantitative estimate of drug-likeness (QED) is 0.846. The lowest BCUT2D eigenvalue weighted by Crippen LogP contribution is -2.18. The Balaban J connectivity index is 2.30. The molecular weight excluding hydrogens is 200 g/mol. The molecule has 0 amide bonds. The first kappa shape index (κ1) is 11.2. The van der Waals surface area contributed by atoms with Gasteiger partial charge in [-0.25, -0.2) is 0 Å². The van der Waals surface area contributed by atoms with Crippen LogP contribution >= 0.6 is 0 Å². The first-order chi connectivity index (χ1) is 7.46. The molecule has 1 aliphatic carbocycles. The molecule has 1 aromatic carbocycles. The van der Waals surface area contributed by atoms with Gasteiger partial charge in [-0.3, -0.25) is 4.79 Å². The second-order valence-corrected chi connectivity index (χ2v) is 5.05. The lowest BCUT2D eigenvalue weighted by molar-refractivity contribution is -0.143. The van der Waals surface area contributed by atoms with Crippen molar-refractivity contribution in [3.8, 4) is 0 Å². The highest BCUT2D eigenvalue weighted by atomic mass is 16.4. The lowest BCUT2D eigenvalue weighted by atomic mass is 9.90. The largest absolute Gasteiger partial charge is 0.481 e. The Labute approximate surface area is 96.3 Å². The number of rotatable bonds is 3. The van der Waals surface area contributed by atoms with Crippen LogP contribution in [0.5, 0.6) is 0 Å². The number of aliphatic carboxylic acids is 1. The van der Waals surface area contributed by atoms with Crippen LogP contribution in [0, 0.1) is 26.2 Å². The number of carboxylic acids is 1. The van der Waals surface area contributed by atoms with Crippen molar-refractivity contribution in [2.24, 2.45) is 5.41 Å². The summed E-state index contributed by atoms with van der Waals surface area (Å²) >= 11 is 0. The molecule has 0 saturated heterocycles. The van der Waals surface area contributed by atoms with Crippen LogP contribution in [0.4, 0.5) is 0 Å². The van der Waals surface area contributed by atoms with E-state index in [9.17, 15) is 9.90 Å². The van der Waals surface area contributed by atoms with Gasteiger partial charge in [0.25, 0.3) is 0 Å². The summed E-state index contributed by atoms with van der Waals surface area (Å²) < 4.78 is 0. The second kappa shape index (κ2) is 3.62. The van der Waals surface area contributed by atoms with Crippen LogP contribution in [0.15, 0.2) is 12.1 Å². The summed E-state index contributed by atoms with van der Waals surface area (Å²) in [5.74, 6) is -0.634. The summed E-state index contributed by atoms with van der Waals surface area (Å²) in [4.78, 5) is 11.2. The van der Waals surface area contributed by atoms with Crippen LogP contribution in [0.2, 0.25) is 0 Å². The summed E-state index contributed by atoms with van der Waals surface area (Å²) in [7, 11) is 0. The summed E-state index contributed by atoms with van der Waals surface area (Å²) in [5.41, 5.74) is 4.57. The zero-order valence-corrected chi connectivity index (χ0v) is 10.1. The Morgan fingerprint density at radius 1 is 1.25 bits per heavy atom. The van der Waals surface area contributed by atoms with Crippen LogP contribution in [-0.2, 0) is 11.2 Å². The van der Waals surface area contributed by atoms with E-state index in [0.717, 1.165) is 12.8 Å². The average Bonchev–Trinajstić information content (AvgIpc) is 3.00. The molecule has 16 heavy (non-hydrogen) atoms. The van der Waals surface area contributed by atoms with Crippen molar-refractivity contribution < 1.29 is 9.90 Å². The topological polar surface area (TPSA) is 37.3 Å². The highest BCUT2D eigenvalue weighted by Gasteiger charge is 2.50. The molecule has 0 radical (unpaired) electrons. The Kier molecular flexibility index (Phi) is 2.53. The van der Waals surface area contributed by atoms with Gasteiger partial charge in [0.15, 0.2) is 0 Å².